The number of aliphatic carboxylic acids is 1. The predicted molar refractivity (Wildman–Crippen MR) is 304 cm³/mol. The van der Waals surface area contributed by atoms with Gasteiger partial charge in [0.2, 0.25) is 41.4 Å². The molecule has 17 N–H and O–H groups in total. The van der Waals surface area contributed by atoms with Crippen molar-refractivity contribution in [1.82, 2.24) is 37.2 Å². The van der Waals surface area contributed by atoms with Gasteiger partial charge < -0.3 is 145 Å². The standard InChI is InChI=1S/C54H95N7O30/c1-30(65)57-41-47(74)44(71)35(24-62)89-52(41)86-21-18-80-12-15-83-27-38(68)55-10-6-4-8-33(60-40(70)29-85-17-14-82-20-23-88-54-43(59-32(3)67)49(76)46(73)37(26-64)91-54)50(77)61-34(51(78)79)9-5-7-11-56-39(69)28-84-16-13-81-19-22-87-53-42(58-31(2)66)48(75)45(72)36(25-63)90-53/h33-37,41-49,52-54,62-64,71-76H,4-29H2,1-3H3,(H,55,68)(H,56,69)(H,57,65)(H,58,66)(H,59,67)(H,60,70)(H,61,77)(H,78,79)/t33-,34-,35+,36+,37+,41+,42+,43+,44-,45-,46-,47+,48+,49+,52+,53?,54+/m0/s1. The number of hydrogen-bond acceptors (Lipinski definition) is 29. The molecule has 526 valence electrons. The van der Waals surface area contributed by atoms with Crippen molar-refractivity contribution < 1.29 is 146 Å². The first-order valence-electron chi connectivity index (χ1n) is 29.9. The molecular formula is C54H95N7O30. The van der Waals surface area contributed by atoms with Gasteiger partial charge in [-0.25, -0.2) is 4.79 Å². The average Bonchev–Trinajstić information content (AvgIpc) is 1.06. The number of carbonyl (C=O) groups excluding carboxylic acids is 7. The Balaban J connectivity index is 1.39. The molecule has 0 aliphatic carbocycles. The zero-order chi connectivity index (χ0) is 67.3. The van der Waals surface area contributed by atoms with Gasteiger partial charge in [-0.05, 0) is 38.5 Å². The van der Waals surface area contributed by atoms with E-state index in [9.17, 15) is 89.4 Å². The van der Waals surface area contributed by atoms with Gasteiger partial charge in [-0.1, -0.05) is 0 Å². The summed E-state index contributed by atoms with van der Waals surface area (Å²) >= 11 is 0. The van der Waals surface area contributed by atoms with E-state index in [1.165, 1.54) is 20.8 Å². The molecule has 3 aliphatic rings. The second-order valence-electron chi connectivity index (χ2n) is 21.1. The van der Waals surface area contributed by atoms with Gasteiger partial charge in [0.05, 0.1) is 99.1 Å². The molecule has 0 bridgehead atoms. The Morgan fingerprint density at radius 3 is 1.02 bits per heavy atom. The molecule has 37 nitrogen and oxygen atoms in total. The van der Waals surface area contributed by atoms with E-state index in [4.69, 9.17) is 56.8 Å². The number of rotatable bonds is 47. The van der Waals surface area contributed by atoms with Gasteiger partial charge in [0.25, 0.3) is 0 Å². The highest BCUT2D eigenvalue weighted by Crippen LogP contribution is 2.25. The number of carboxylic acids is 1. The number of carbonyl (C=O) groups is 8. The Kier molecular flexibility index (Phi) is 39.9. The van der Waals surface area contributed by atoms with Crippen LogP contribution >= 0.6 is 0 Å². The van der Waals surface area contributed by atoms with Crippen molar-refractivity contribution in [1.29, 1.82) is 0 Å². The van der Waals surface area contributed by atoms with Crippen LogP contribution in [0.5, 0.6) is 0 Å². The van der Waals surface area contributed by atoms with Crippen LogP contribution in [0.1, 0.15) is 59.3 Å². The molecule has 0 aromatic carbocycles. The summed E-state index contributed by atoms with van der Waals surface area (Å²) in [6.07, 6.45) is -14.9. The third kappa shape index (κ3) is 30.7. The Labute approximate surface area is 525 Å². The van der Waals surface area contributed by atoms with Crippen molar-refractivity contribution in [3.8, 4) is 0 Å². The summed E-state index contributed by atoms with van der Waals surface area (Å²) in [5, 5.41) is 118. The van der Waals surface area contributed by atoms with E-state index in [0.29, 0.717) is 12.8 Å². The maximum absolute atomic E-state index is 13.6. The summed E-state index contributed by atoms with van der Waals surface area (Å²) in [5.74, 6) is -5.40. The van der Waals surface area contributed by atoms with E-state index in [-0.39, 0.29) is 131 Å². The summed E-state index contributed by atoms with van der Waals surface area (Å²) in [7, 11) is 0. The van der Waals surface area contributed by atoms with Gasteiger partial charge in [0, 0.05) is 33.9 Å². The first-order valence-corrected chi connectivity index (χ1v) is 29.9. The molecule has 0 aromatic rings. The van der Waals surface area contributed by atoms with Crippen molar-refractivity contribution in [3.63, 3.8) is 0 Å². The minimum Gasteiger partial charge on any atom is -0.480 e. The van der Waals surface area contributed by atoms with Gasteiger partial charge in [-0.2, -0.15) is 0 Å². The van der Waals surface area contributed by atoms with Crippen LogP contribution in [0.25, 0.3) is 0 Å². The SMILES string of the molecule is CC(=O)N[C@H]1[C@H](OCCOCCOCC(=O)NCCCC[C@H](NC(=O)COCCOCCO[C@@H]2O[C@H](CO)[C@H](O)[C@H](O)[C@H]2NC(C)=O)C(=O)N[C@@H](CCCCNC(=O)COCCOCCOC2O[C@H](CO)[C@H](O)[C@H](O)[C@H]2NC(C)=O)C(=O)O)O[C@H](CO)[C@H](O)[C@@H]1O. The van der Waals surface area contributed by atoms with Gasteiger partial charge in [0.1, 0.15) is 105 Å². The summed E-state index contributed by atoms with van der Waals surface area (Å²) in [5.41, 5.74) is 0. The Bertz CT molecular complexity index is 2150. The number of hydrogen-bond donors (Lipinski definition) is 17. The zero-order valence-corrected chi connectivity index (χ0v) is 51.3. The summed E-state index contributed by atoms with van der Waals surface area (Å²) in [6.45, 7) is 0.568. The van der Waals surface area contributed by atoms with E-state index < -0.39 is 178 Å². The van der Waals surface area contributed by atoms with E-state index in [2.05, 4.69) is 37.2 Å². The van der Waals surface area contributed by atoms with E-state index in [1.54, 1.807) is 0 Å². The molecule has 17 atom stereocenters. The highest BCUT2D eigenvalue weighted by Gasteiger charge is 2.48. The second kappa shape index (κ2) is 45.3. The van der Waals surface area contributed by atoms with Crippen LogP contribution in [0, 0.1) is 0 Å². The Morgan fingerprint density at radius 1 is 0.396 bits per heavy atom. The molecule has 1 unspecified atom stereocenters. The van der Waals surface area contributed by atoms with Crippen LogP contribution in [0.15, 0.2) is 0 Å². The third-order valence-corrected chi connectivity index (χ3v) is 13.8. The van der Waals surface area contributed by atoms with E-state index in [0.717, 1.165) is 0 Å². The molecule has 0 aromatic heterocycles. The lowest BCUT2D eigenvalue weighted by molar-refractivity contribution is -0.272. The van der Waals surface area contributed by atoms with Crippen molar-refractivity contribution in [3.05, 3.63) is 0 Å². The van der Waals surface area contributed by atoms with Gasteiger partial charge in [0.15, 0.2) is 18.9 Å². The highest BCUT2D eigenvalue weighted by molar-refractivity contribution is 5.90. The van der Waals surface area contributed by atoms with Crippen molar-refractivity contribution in [2.45, 2.75) is 163 Å². The summed E-state index contributed by atoms with van der Waals surface area (Å²) in [4.78, 5) is 98.8. The zero-order valence-electron chi connectivity index (χ0n) is 51.3. The molecule has 3 fully saturated rings. The minimum atomic E-state index is -1.51. The third-order valence-electron chi connectivity index (χ3n) is 13.8. The molecule has 3 rings (SSSR count). The second-order valence-corrected chi connectivity index (χ2v) is 21.1. The Morgan fingerprint density at radius 2 is 0.703 bits per heavy atom. The molecule has 0 spiro atoms. The van der Waals surface area contributed by atoms with Crippen LogP contribution in [0.3, 0.4) is 0 Å². The molecule has 7 amide bonds. The fraction of sp³-hybridized carbons (Fsp3) is 0.852. The van der Waals surface area contributed by atoms with Crippen molar-refractivity contribution in [2.24, 2.45) is 0 Å². The molecular weight excluding hydrogens is 1230 g/mol. The number of nitrogens with one attached hydrogen (secondary N) is 7. The number of amides is 7. The number of ether oxygens (including phenoxy) is 12. The van der Waals surface area contributed by atoms with Gasteiger partial charge in [-0.15, -0.1) is 0 Å². The van der Waals surface area contributed by atoms with Crippen LogP contribution in [-0.4, -0.2) is 334 Å². The fourth-order valence-electron chi connectivity index (χ4n) is 9.20. The quantitative estimate of drug-likeness (QED) is 0.0252. The number of unbranched alkanes of at least 4 members (excludes halogenated alkanes) is 2. The first kappa shape index (κ1) is 80.2. The topological polar surface area (TPSA) is 534 Å². The van der Waals surface area contributed by atoms with Crippen LogP contribution < -0.4 is 37.2 Å². The monoisotopic (exact) mass is 1320 g/mol. The smallest absolute Gasteiger partial charge is 0.326 e. The van der Waals surface area contributed by atoms with Gasteiger partial charge in [-0.3, -0.25) is 33.6 Å². The van der Waals surface area contributed by atoms with E-state index >= 15 is 0 Å². The molecule has 3 saturated heterocycles. The predicted octanol–water partition coefficient (Wildman–Crippen LogP) is -9.41. The first-order chi connectivity index (χ1) is 43.5. The lowest BCUT2D eigenvalue weighted by Crippen LogP contribution is -2.64. The summed E-state index contributed by atoms with van der Waals surface area (Å²) in [6, 6.07) is -6.03. The molecule has 3 aliphatic heterocycles. The van der Waals surface area contributed by atoms with Crippen molar-refractivity contribution in [2.75, 3.05) is 132 Å². The molecule has 3 heterocycles. The van der Waals surface area contributed by atoms with Crippen LogP contribution in [0.2, 0.25) is 0 Å². The number of aliphatic hydroxyl groups is 9. The molecule has 91 heavy (non-hydrogen) atoms. The molecule has 0 saturated carbocycles. The maximum atomic E-state index is 13.6. The minimum absolute atomic E-state index is 0.00493. The van der Waals surface area contributed by atoms with Crippen molar-refractivity contribution >= 4 is 47.3 Å². The normalized spacial score (nSPS) is 27.2. The fourth-order valence-corrected chi connectivity index (χ4v) is 9.20. The number of carboxylic acid groups (broad SMARTS) is 1. The lowest BCUT2D eigenvalue weighted by atomic mass is 9.97. The average molecular weight is 1320 g/mol. The molecule has 37 heteroatoms. The lowest BCUT2D eigenvalue weighted by Gasteiger charge is -2.42. The molecule has 0 radical (unpaired) electrons. The van der Waals surface area contributed by atoms with Gasteiger partial charge >= 0.3 is 5.97 Å². The maximum Gasteiger partial charge on any atom is 0.326 e. The van der Waals surface area contributed by atoms with E-state index in [1.807, 2.05) is 0 Å². The number of aliphatic hydroxyl groups excluding tert-OH is 9. The summed E-state index contributed by atoms with van der Waals surface area (Å²) < 4.78 is 65.6. The Hall–Kier alpha value is -5.08. The largest absolute Gasteiger partial charge is 0.480 e. The van der Waals surface area contributed by atoms with Crippen LogP contribution in [0.4, 0.5) is 0 Å². The highest BCUT2D eigenvalue weighted by atomic mass is 16.7. The van der Waals surface area contributed by atoms with Crippen LogP contribution in [-0.2, 0) is 95.2 Å².